The van der Waals surface area contributed by atoms with Crippen LogP contribution in [0.5, 0.6) is 0 Å². The van der Waals surface area contributed by atoms with Gasteiger partial charge in [0.05, 0.1) is 17.5 Å². The topological polar surface area (TPSA) is 86.7 Å². The monoisotopic (exact) mass is 358 g/mol. The number of halogens is 3. The SMILES string of the molecule is C[C@H](NC(=O)[C@@H]1CC(=O)N(C)[C@H]1c1ccc(C(F)(F)F)cc1)C(=O)O. The summed E-state index contributed by atoms with van der Waals surface area (Å²) in [6.07, 6.45) is -4.62. The van der Waals surface area contributed by atoms with E-state index < -0.39 is 41.6 Å². The molecule has 1 aromatic carbocycles. The highest BCUT2D eigenvalue weighted by Crippen LogP contribution is 2.38. The summed E-state index contributed by atoms with van der Waals surface area (Å²) in [7, 11) is 1.46. The highest BCUT2D eigenvalue weighted by Gasteiger charge is 2.43. The van der Waals surface area contributed by atoms with Gasteiger partial charge in [-0.15, -0.1) is 0 Å². The van der Waals surface area contributed by atoms with Gasteiger partial charge in [0.2, 0.25) is 11.8 Å². The molecule has 2 N–H and O–H groups in total. The van der Waals surface area contributed by atoms with Gasteiger partial charge in [0.15, 0.2) is 0 Å². The van der Waals surface area contributed by atoms with E-state index in [4.69, 9.17) is 5.11 Å². The molecule has 3 atom stereocenters. The summed E-state index contributed by atoms with van der Waals surface area (Å²) < 4.78 is 38.0. The summed E-state index contributed by atoms with van der Waals surface area (Å²) in [5.74, 6) is -3.07. The standard InChI is InChI=1S/C16H17F3N2O4/c1-8(15(24)25)20-14(23)11-7-12(22)21(2)13(11)9-3-5-10(6-4-9)16(17,18)19/h3-6,8,11,13H,7H2,1-2H3,(H,20,23)(H,24,25)/t8-,11+,13-/m0/s1. The smallest absolute Gasteiger partial charge is 0.416 e. The van der Waals surface area contributed by atoms with E-state index in [0.29, 0.717) is 5.56 Å². The molecule has 0 aliphatic carbocycles. The number of carboxylic acids is 1. The second-order valence-corrected chi connectivity index (χ2v) is 5.95. The lowest BCUT2D eigenvalue weighted by molar-refractivity contribution is -0.142. The lowest BCUT2D eigenvalue weighted by Gasteiger charge is -2.25. The van der Waals surface area contributed by atoms with Crippen LogP contribution in [0.15, 0.2) is 24.3 Å². The molecule has 1 saturated heterocycles. The van der Waals surface area contributed by atoms with Crippen LogP contribution in [0.25, 0.3) is 0 Å². The Kier molecular flexibility index (Phi) is 5.05. The Hall–Kier alpha value is -2.58. The summed E-state index contributed by atoms with van der Waals surface area (Å²) in [4.78, 5) is 36.4. The molecule has 0 saturated carbocycles. The number of amides is 2. The number of hydrogen-bond acceptors (Lipinski definition) is 3. The van der Waals surface area contributed by atoms with Crippen molar-refractivity contribution >= 4 is 17.8 Å². The van der Waals surface area contributed by atoms with Gasteiger partial charge in [-0.1, -0.05) is 12.1 Å². The maximum atomic E-state index is 12.7. The van der Waals surface area contributed by atoms with Crippen molar-refractivity contribution in [2.45, 2.75) is 31.6 Å². The van der Waals surface area contributed by atoms with Crippen molar-refractivity contribution in [3.8, 4) is 0 Å². The van der Waals surface area contributed by atoms with E-state index in [1.807, 2.05) is 0 Å². The fraction of sp³-hybridized carbons (Fsp3) is 0.438. The average molecular weight is 358 g/mol. The van der Waals surface area contributed by atoms with Crippen LogP contribution in [-0.4, -0.2) is 40.9 Å². The molecule has 0 aromatic heterocycles. The molecule has 0 unspecified atom stereocenters. The molecule has 2 rings (SSSR count). The van der Waals surface area contributed by atoms with E-state index in [1.165, 1.54) is 31.0 Å². The van der Waals surface area contributed by atoms with E-state index >= 15 is 0 Å². The van der Waals surface area contributed by atoms with Crippen LogP contribution in [0.3, 0.4) is 0 Å². The summed E-state index contributed by atoms with van der Waals surface area (Å²) in [5.41, 5.74) is -0.451. The Balaban J connectivity index is 2.27. The molecule has 1 aliphatic heterocycles. The molecule has 1 aromatic rings. The van der Waals surface area contributed by atoms with Gasteiger partial charge in [-0.2, -0.15) is 13.2 Å². The Morgan fingerprint density at radius 3 is 2.32 bits per heavy atom. The minimum absolute atomic E-state index is 0.139. The number of alkyl halides is 3. The normalized spacial score (nSPS) is 22.0. The van der Waals surface area contributed by atoms with E-state index in [0.717, 1.165) is 12.1 Å². The maximum Gasteiger partial charge on any atom is 0.416 e. The maximum absolute atomic E-state index is 12.7. The van der Waals surface area contributed by atoms with Crippen LogP contribution in [-0.2, 0) is 20.6 Å². The van der Waals surface area contributed by atoms with Crippen LogP contribution in [0.2, 0.25) is 0 Å². The highest BCUT2D eigenvalue weighted by atomic mass is 19.4. The molecule has 136 valence electrons. The summed E-state index contributed by atoms with van der Waals surface area (Å²) in [5, 5.41) is 11.2. The van der Waals surface area contributed by atoms with E-state index in [9.17, 15) is 27.6 Å². The minimum Gasteiger partial charge on any atom is -0.480 e. The molecule has 6 nitrogen and oxygen atoms in total. The molecule has 2 amide bonds. The zero-order valence-corrected chi connectivity index (χ0v) is 13.5. The average Bonchev–Trinajstić information content (AvgIpc) is 2.82. The number of aliphatic carboxylic acids is 1. The van der Waals surface area contributed by atoms with Crippen molar-refractivity contribution in [2.24, 2.45) is 5.92 Å². The molecule has 9 heteroatoms. The van der Waals surface area contributed by atoms with Crippen LogP contribution in [0.4, 0.5) is 13.2 Å². The van der Waals surface area contributed by atoms with Gasteiger partial charge >= 0.3 is 12.1 Å². The fourth-order valence-corrected chi connectivity index (χ4v) is 2.81. The van der Waals surface area contributed by atoms with E-state index in [-0.39, 0.29) is 12.3 Å². The highest BCUT2D eigenvalue weighted by molar-refractivity contribution is 5.92. The Labute approximate surface area is 141 Å². The van der Waals surface area contributed by atoms with Gasteiger partial charge in [-0.25, -0.2) is 0 Å². The van der Waals surface area contributed by atoms with Crippen LogP contribution in [0, 0.1) is 5.92 Å². The fourth-order valence-electron chi connectivity index (χ4n) is 2.81. The Morgan fingerprint density at radius 2 is 1.84 bits per heavy atom. The quantitative estimate of drug-likeness (QED) is 0.860. The number of carboxylic acid groups (broad SMARTS) is 1. The van der Waals surface area contributed by atoms with Gasteiger partial charge in [-0.3, -0.25) is 14.4 Å². The van der Waals surface area contributed by atoms with E-state index in [2.05, 4.69) is 5.32 Å². The van der Waals surface area contributed by atoms with Crippen molar-refractivity contribution < 1.29 is 32.7 Å². The molecule has 0 bridgehead atoms. The number of likely N-dealkylation sites (tertiary alicyclic amines) is 1. The zero-order chi connectivity index (χ0) is 18.9. The third-order valence-corrected chi connectivity index (χ3v) is 4.23. The van der Waals surface area contributed by atoms with E-state index in [1.54, 1.807) is 0 Å². The first-order valence-corrected chi connectivity index (χ1v) is 7.48. The molecular formula is C16H17F3N2O4. The van der Waals surface area contributed by atoms with Gasteiger partial charge in [0.1, 0.15) is 6.04 Å². The number of hydrogen-bond donors (Lipinski definition) is 2. The predicted molar refractivity (Wildman–Crippen MR) is 80.3 cm³/mol. The third kappa shape index (κ3) is 3.92. The Bertz CT molecular complexity index is 688. The van der Waals surface area contributed by atoms with Gasteiger partial charge in [0, 0.05) is 13.5 Å². The lowest BCUT2D eigenvalue weighted by Crippen LogP contribution is -2.43. The molecule has 1 aliphatic rings. The molecular weight excluding hydrogens is 341 g/mol. The van der Waals surface area contributed by atoms with Crippen LogP contribution in [0.1, 0.15) is 30.5 Å². The first kappa shape index (κ1) is 18.8. The number of nitrogens with zero attached hydrogens (tertiary/aromatic N) is 1. The van der Waals surface area contributed by atoms with Crippen LogP contribution < -0.4 is 5.32 Å². The van der Waals surface area contributed by atoms with Gasteiger partial charge in [-0.05, 0) is 24.6 Å². The summed E-state index contributed by atoms with van der Waals surface area (Å²) >= 11 is 0. The van der Waals surface area contributed by atoms with Crippen molar-refractivity contribution in [1.29, 1.82) is 0 Å². The van der Waals surface area contributed by atoms with Crippen molar-refractivity contribution in [3.05, 3.63) is 35.4 Å². The first-order valence-electron chi connectivity index (χ1n) is 7.48. The molecule has 1 heterocycles. The zero-order valence-electron chi connectivity index (χ0n) is 13.5. The molecule has 0 spiro atoms. The molecule has 1 fully saturated rings. The van der Waals surface area contributed by atoms with Gasteiger partial charge < -0.3 is 15.3 Å². The Morgan fingerprint density at radius 1 is 1.28 bits per heavy atom. The number of benzene rings is 1. The molecule has 0 radical (unpaired) electrons. The number of carbonyl (C=O) groups is 3. The number of nitrogens with one attached hydrogen (secondary N) is 1. The second-order valence-electron chi connectivity index (χ2n) is 5.95. The van der Waals surface area contributed by atoms with Crippen molar-refractivity contribution in [2.75, 3.05) is 7.05 Å². The summed E-state index contributed by atoms with van der Waals surface area (Å²) in [6.45, 7) is 1.29. The minimum atomic E-state index is -4.48. The second kappa shape index (κ2) is 6.73. The van der Waals surface area contributed by atoms with Crippen molar-refractivity contribution in [3.63, 3.8) is 0 Å². The molecule has 25 heavy (non-hydrogen) atoms. The predicted octanol–water partition coefficient (Wildman–Crippen LogP) is 1.81. The largest absolute Gasteiger partial charge is 0.480 e. The third-order valence-electron chi connectivity index (χ3n) is 4.23. The first-order chi connectivity index (χ1) is 11.5. The number of carbonyl (C=O) groups excluding carboxylic acids is 2. The van der Waals surface area contributed by atoms with Gasteiger partial charge in [0.25, 0.3) is 0 Å². The lowest BCUT2D eigenvalue weighted by atomic mass is 9.92. The van der Waals surface area contributed by atoms with Crippen LogP contribution >= 0.6 is 0 Å². The summed E-state index contributed by atoms with van der Waals surface area (Å²) in [6, 6.07) is 2.34. The number of rotatable bonds is 4. The van der Waals surface area contributed by atoms with Crippen molar-refractivity contribution in [1.82, 2.24) is 10.2 Å².